The predicted molar refractivity (Wildman–Crippen MR) is 170 cm³/mol. The van der Waals surface area contributed by atoms with E-state index in [0.717, 1.165) is 44.5 Å². The number of rotatable bonds is 9. The van der Waals surface area contributed by atoms with Crippen LogP contribution in [0.5, 0.6) is 0 Å². The molecule has 222 valence electrons. The van der Waals surface area contributed by atoms with E-state index in [4.69, 9.17) is 23.2 Å². The Morgan fingerprint density at radius 3 is 2.05 bits per heavy atom. The third-order valence-electron chi connectivity index (χ3n) is 8.18. The first kappa shape index (κ1) is 34.6. The molecule has 9 heteroatoms. The van der Waals surface area contributed by atoms with Crippen molar-refractivity contribution >= 4 is 47.4 Å². The molecule has 0 spiro atoms. The minimum Gasteiger partial charge on any atom is -0.412 e. The van der Waals surface area contributed by atoms with Crippen LogP contribution >= 0.6 is 35.6 Å². The van der Waals surface area contributed by atoms with Crippen molar-refractivity contribution in [3.63, 3.8) is 0 Å². The van der Waals surface area contributed by atoms with E-state index in [9.17, 15) is 9.59 Å². The van der Waals surface area contributed by atoms with Crippen molar-refractivity contribution in [3.8, 4) is 0 Å². The van der Waals surface area contributed by atoms with Crippen molar-refractivity contribution < 1.29 is 15.1 Å². The van der Waals surface area contributed by atoms with Gasteiger partial charge in [0, 0.05) is 52.1 Å². The molecule has 0 aliphatic carbocycles. The molecule has 1 fully saturated rings. The maximum atomic E-state index is 13.1. The summed E-state index contributed by atoms with van der Waals surface area (Å²) in [5.41, 5.74) is 2.64. The van der Waals surface area contributed by atoms with Gasteiger partial charge < -0.3 is 20.2 Å². The smallest absolute Gasteiger partial charge is 0.253 e. The van der Waals surface area contributed by atoms with Crippen LogP contribution in [0.25, 0.3) is 0 Å². The number of amides is 2. The number of benzene rings is 3. The van der Waals surface area contributed by atoms with Gasteiger partial charge in [-0.3, -0.25) is 9.59 Å². The van der Waals surface area contributed by atoms with Gasteiger partial charge in [-0.1, -0.05) is 77.8 Å². The van der Waals surface area contributed by atoms with Crippen LogP contribution in [0, 0.1) is 0 Å². The Morgan fingerprint density at radius 2 is 1.49 bits per heavy atom. The normalized spacial score (nSPS) is 15.1. The van der Waals surface area contributed by atoms with Crippen molar-refractivity contribution in [2.45, 2.75) is 37.6 Å². The highest BCUT2D eigenvalue weighted by Crippen LogP contribution is 2.38. The van der Waals surface area contributed by atoms with Crippen molar-refractivity contribution in [1.29, 1.82) is 0 Å². The molecule has 41 heavy (non-hydrogen) atoms. The second-order valence-corrected chi connectivity index (χ2v) is 11.3. The average molecular weight is 621 g/mol. The minimum atomic E-state index is -0.297. The SMILES string of the molecule is CC(=O)N(C)C1(c2ccccc2)CCN(CCC(CN(C)C(=O)c2ccccc2)c2ccc(Cl)c(Cl)c2)CC1.Cl.O. The number of likely N-dealkylation sites (tertiary alicyclic amines) is 1. The molecule has 3 aromatic carbocycles. The fourth-order valence-corrected chi connectivity index (χ4v) is 6.00. The largest absolute Gasteiger partial charge is 0.412 e. The molecule has 1 atom stereocenters. The fourth-order valence-electron chi connectivity index (χ4n) is 5.70. The Balaban J connectivity index is 0.00000294. The van der Waals surface area contributed by atoms with Crippen molar-refractivity contribution in [1.82, 2.24) is 14.7 Å². The average Bonchev–Trinajstić information content (AvgIpc) is 2.97. The first-order valence-electron chi connectivity index (χ1n) is 13.5. The zero-order chi connectivity index (χ0) is 28.0. The van der Waals surface area contributed by atoms with Crippen LogP contribution in [0.1, 0.15) is 53.6 Å². The molecule has 4 rings (SSSR count). The summed E-state index contributed by atoms with van der Waals surface area (Å²) in [6, 6.07) is 25.5. The quantitative estimate of drug-likeness (QED) is 0.282. The van der Waals surface area contributed by atoms with E-state index in [1.54, 1.807) is 11.8 Å². The van der Waals surface area contributed by atoms with Crippen LogP contribution in [0.3, 0.4) is 0 Å². The first-order valence-corrected chi connectivity index (χ1v) is 14.2. The summed E-state index contributed by atoms with van der Waals surface area (Å²) in [5, 5.41) is 1.05. The molecule has 1 unspecified atom stereocenters. The lowest BCUT2D eigenvalue weighted by atomic mass is 9.79. The number of carbonyl (C=O) groups is 2. The molecule has 1 aliphatic heterocycles. The van der Waals surface area contributed by atoms with Crippen LogP contribution in [-0.2, 0) is 10.3 Å². The second kappa shape index (κ2) is 15.6. The first-order chi connectivity index (χ1) is 18.7. The zero-order valence-electron chi connectivity index (χ0n) is 23.9. The minimum absolute atomic E-state index is 0. The summed E-state index contributed by atoms with van der Waals surface area (Å²) in [6.45, 7) is 4.87. The molecule has 0 saturated carbocycles. The highest BCUT2D eigenvalue weighted by atomic mass is 35.5. The summed E-state index contributed by atoms with van der Waals surface area (Å²) < 4.78 is 0. The van der Waals surface area contributed by atoms with Crippen molar-refractivity contribution in [3.05, 3.63) is 106 Å². The van der Waals surface area contributed by atoms with Gasteiger partial charge in [0.25, 0.3) is 5.91 Å². The van der Waals surface area contributed by atoms with Gasteiger partial charge in [-0.2, -0.15) is 0 Å². The zero-order valence-corrected chi connectivity index (χ0v) is 26.2. The highest BCUT2D eigenvalue weighted by molar-refractivity contribution is 6.42. The van der Waals surface area contributed by atoms with Gasteiger partial charge in [0.15, 0.2) is 0 Å². The highest BCUT2D eigenvalue weighted by Gasteiger charge is 2.41. The Morgan fingerprint density at radius 1 is 0.902 bits per heavy atom. The van der Waals surface area contributed by atoms with E-state index in [1.165, 1.54) is 5.56 Å². The Bertz CT molecular complexity index is 1270. The van der Waals surface area contributed by atoms with Crippen LogP contribution in [0.4, 0.5) is 0 Å². The van der Waals surface area contributed by atoms with E-state index >= 15 is 0 Å². The van der Waals surface area contributed by atoms with Gasteiger partial charge in [-0.15, -0.1) is 12.4 Å². The Kier molecular flexibility index (Phi) is 13.1. The number of carbonyl (C=O) groups excluding carboxylic acids is 2. The summed E-state index contributed by atoms with van der Waals surface area (Å²) in [7, 11) is 3.78. The van der Waals surface area contributed by atoms with Crippen LogP contribution in [0.15, 0.2) is 78.9 Å². The van der Waals surface area contributed by atoms with Crippen LogP contribution < -0.4 is 0 Å². The fraction of sp³-hybridized carbons (Fsp3) is 0.375. The molecule has 2 N–H and O–H groups in total. The van der Waals surface area contributed by atoms with Gasteiger partial charge in [0.2, 0.25) is 5.91 Å². The lowest BCUT2D eigenvalue weighted by Gasteiger charge is -2.48. The van der Waals surface area contributed by atoms with Crippen molar-refractivity contribution in [2.24, 2.45) is 0 Å². The molecule has 6 nitrogen and oxygen atoms in total. The monoisotopic (exact) mass is 619 g/mol. The molecule has 0 radical (unpaired) electrons. The molecule has 1 heterocycles. The number of nitrogens with zero attached hydrogens (tertiary/aromatic N) is 3. The summed E-state index contributed by atoms with van der Waals surface area (Å²) >= 11 is 12.6. The number of hydrogen-bond donors (Lipinski definition) is 0. The summed E-state index contributed by atoms with van der Waals surface area (Å²) in [6.07, 6.45) is 2.61. The number of hydrogen-bond acceptors (Lipinski definition) is 3. The van der Waals surface area contributed by atoms with Gasteiger partial charge in [0.05, 0.1) is 15.6 Å². The maximum absolute atomic E-state index is 13.1. The Labute approximate surface area is 259 Å². The third-order valence-corrected chi connectivity index (χ3v) is 8.92. The molecule has 1 saturated heterocycles. The van der Waals surface area contributed by atoms with Crippen LogP contribution in [0.2, 0.25) is 10.0 Å². The predicted octanol–water partition coefficient (Wildman–Crippen LogP) is 6.31. The van der Waals surface area contributed by atoms with E-state index in [1.807, 2.05) is 85.7 Å². The van der Waals surface area contributed by atoms with Crippen molar-refractivity contribution in [2.75, 3.05) is 40.3 Å². The molecule has 1 aliphatic rings. The number of likely N-dealkylation sites (N-methyl/N-ethyl adjacent to an activating group) is 1. The lowest BCUT2D eigenvalue weighted by molar-refractivity contribution is -0.136. The Hall–Kier alpha value is -2.61. The summed E-state index contributed by atoms with van der Waals surface area (Å²) in [4.78, 5) is 31.7. The van der Waals surface area contributed by atoms with E-state index < -0.39 is 0 Å². The standard InChI is InChI=1S/C32H37Cl2N3O2.ClH.H2O/c1-24(38)36(3)32(28-12-8-5-9-13-28)17-20-37(21-18-32)19-16-27(26-14-15-29(33)30(34)22-26)23-35(2)31(39)25-10-6-4-7-11-25;;/h4-15,22,27H,16-21,23H2,1-3H3;1H;1H2. The van der Waals surface area contributed by atoms with E-state index in [2.05, 4.69) is 17.0 Å². The van der Waals surface area contributed by atoms with Gasteiger partial charge >= 0.3 is 0 Å². The number of halogens is 3. The molecule has 0 bridgehead atoms. The van der Waals surface area contributed by atoms with Crippen LogP contribution in [-0.4, -0.2) is 72.3 Å². The third kappa shape index (κ3) is 8.24. The van der Waals surface area contributed by atoms with E-state index in [0.29, 0.717) is 22.2 Å². The van der Waals surface area contributed by atoms with Gasteiger partial charge in [-0.05, 0) is 61.2 Å². The topological polar surface area (TPSA) is 75.4 Å². The lowest BCUT2D eigenvalue weighted by Crippen LogP contribution is -2.53. The number of piperidine rings is 1. The second-order valence-electron chi connectivity index (χ2n) is 10.5. The molecular weight excluding hydrogens is 581 g/mol. The van der Waals surface area contributed by atoms with E-state index in [-0.39, 0.29) is 41.2 Å². The maximum Gasteiger partial charge on any atom is 0.253 e. The molecule has 0 aromatic heterocycles. The molecule has 2 amide bonds. The van der Waals surface area contributed by atoms with Gasteiger partial charge in [0.1, 0.15) is 0 Å². The van der Waals surface area contributed by atoms with Gasteiger partial charge in [-0.25, -0.2) is 0 Å². The molecular formula is C32H40Cl3N3O3. The molecule has 3 aromatic rings. The summed E-state index contributed by atoms with van der Waals surface area (Å²) in [5.74, 6) is 0.176.